The normalized spacial score (nSPS) is 21.9. The maximum atomic E-state index is 12.3. The molecular formula is C17H24N4OS. The summed E-state index contributed by atoms with van der Waals surface area (Å²) < 4.78 is 0. The average molecular weight is 332 g/mol. The van der Waals surface area contributed by atoms with Crippen molar-refractivity contribution in [1.82, 2.24) is 15.1 Å². The summed E-state index contributed by atoms with van der Waals surface area (Å²) >= 11 is 1.80. The van der Waals surface area contributed by atoms with Gasteiger partial charge in [0.2, 0.25) is 5.91 Å². The predicted molar refractivity (Wildman–Crippen MR) is 91.0 cm³/mol. The number of hydrogen-bond donors (Lipinski definition) is 1. The minimum atomic E-state index is -0.599. The van der Waals surface area contributed by atoms with E-state index < -0.39 is 5.54 Å². The number of nitrogens with zero attached hydrogens (tertiary/aromatic N) is 3. The zero-order valence-corrected chi connectivity index (χ0v) is 14.3. The largest absolute Gasteiger partial charge is 0.337 e. The molecule has 1 aliphatic carbocycles. The van der Waals surface area contributed by atoms with Crippen molar-refractivity contribution >= 4 is 17.2 Å². The van der Waals surface area contributed by atoms with Crippen LogP contribution in [-0.2, 0) is 11.3 Å². The van der Waals surface area contributed by atoms with Crippen molar-refractivity contribution in [2.75, 3.05) is 32.7 Å². The Morgan fingerprint density at radius 3 is 2.57 bits per heavy atom. The Labute approximate surface area is 141 Å². The van der Waals surface area contributed by atoms with Gasteiger partial charge in [-0.15, -0.1) is 11.3 Å². The molecule has 124 valence electrons. The van der Waals surface area contributed by atoms with Gasteiger partial charge in [-0.05, 0) is 37.1 Å². The van der Waals surface area contributed by atoms with Gasteiger partial charge in [-0.3, -0.25) is 14.6 Å². The third-order valence-corrected chi connectivity index (χ3v) is 5.70. The molecular weight excluding hydrogens is 308 g/mol. The molecule has 3 rings (SSSR count). The Kier molecular flexibility index (Phi) is 5.31. The van der Waals surface area contributed by atoms with E-state index in [4.69, 9.17) is 0 Å². The molecule has 5 nitrogen and oxygen atoms in total. The second-order valence-corrected chi connectivity index (χ2v) is 7.61. The summed E-state index contributed by atoms with van der Waals surface area (Å²) in [6.07, 6.45) is 3.66. The maximum Gasteiger partial charge on any atom is 0.235 e. The molecule has 1 amide bonds. The fraction of sp³-hybridized carbons (Fsp3) is 0.647. The molecule has 2 heterocycles. The number of piperazine rings is 1. The molecule has 1 saturated heterocycles. The van der Waals surface area contributed by atoms with Gasteiger partial charge in [0.15, 0.2) is 0 Å². The van der Waals surface area contributed by atoms with Crippen molar-refractivity contribution in [3.63, 3.8) is 0 Å². The van der Waals surface area contributed by atoms with E-state index in [1.54, 1.807) is 11.3 Å². The monoisotopic (exact) mass is 332 g/mol. The van der Waals surface area contributed by atoms with Crippen molar-refractivity contribution in [3.05, 3.63) is 22.4 Å². The summed E-state index contributed by atoms with van der Waals surface area (Å²) in [7, 11) is 0. The fourth-order valence-electron chi connectivity index (χ4n) is 3.48. The van der Waals surface area contributed by atoms with Crippen LogP contribution in [0.4, 0.5) is 0 Å². The Morgan fingerprint density at radius 2 is 1.96 bits per heavy atom. The van der Waals surface area contributed by atoms with Crippen LogP contribution in [0.15, 0.2) is 17.5 Å². The molecule has 0 radical (unpaired) electrons. The van der Waals surface area contributed by atoms with E-state index in [-0.39, 0.29) is 5.91 Å². The summed E-state index contributed by atoms with van der Waals surface area (Å²) in [5.74, 6) is 0.000145. The SMILES string of the molecule is N#CC1(NC(=O)CN2CCN(Cc3cccs3)CC2)CCCC1. The van der Waals surface area contributed by atoms with E-state index in [2.05, 4.69) is 38.7 Å². The summed E-state index contributed by atoms with van der Waals surface area (Å²) in [4.78, 5) is 18.3. The lowest BCUT2D eigenvalue weighted by Gasteiger charge is -2.34. The Bertz CT molecular complexity index is 552. The van der Waals surface area contributed by atoms with Crippen LogP contribution < -0.4 is 5.32 Å². The zero-order chi connectivity index (χ0) is 16.1. The van der Waals surface area contributed by atoms with Crippen LogP contribution in [-0.4, -0.2) is 54.0 Å². The summed E-state index contributed by atoms with van der Waals surface area (Å²) in [5, 5.41) is 14.4. The number of rotatable bonds is 5. The minimum Gasteiger partial charge on any atom is -0.337 e. The van der Waals surface area contributed by atoms with E-state index in [0.29, 0.717) is 6.54 Å². The molecule has 1 aromatic rings. The van der Waals surface area contributed by atoms with Gasteiger partial charge in [-0.2, -0.15) is 5.26 Å². The highest BCUT2D eigenvalue weighted by Gasteiger charge is 2.35. The standard InChI is InChI=1S/C17H24N4OS/c18-14-17(5-1-2-6-17)19-16(22)13-21-9-7-20(8-10-21)12-15-4-3-11-23-15/h3-4,11H,1-2,5-10,12-13H2,(H,19,22). The highest BCUT2D eigenvalue weighted by Crippen LogP contribution is 2.28. The first-order chi connectivity index (χ1) is 11.2. The molecule has 0 aromatic carbocycles. The number of nitrogens with one attached hydrogen (secondary N) is 1. The summed E-state index contributed by atoms with van der Waals surface area (Å²) in [6.45, 7) is 5.24. The third-order valence-electron chi connectivity index (χ3n) is 4.84. The molecule has 2 fully saturated rings. The molecule has 6 heteroatoms. The Balaban J connectivity index is 1.41. The Morgan fingerprint density at radius 1 is 1.26 bits per heavy atom. The van der Waals surface area contributed by atoms with Crippen LogP contribution >= 0.6 is 11.3 Å². The van der Waals surface area contributed by atoms with Gasteiger partial charge >= 0.3 is 0 Å². The molecule has 2 aliphatic rings. The number of carbonyl (C=O) groups is 1. The molecule has 0 bridgehead atoms. The lowest BCUT2D eigenvalue weighted by Crippen LogP contribution is -2.52. The molecule has 1 aliphatic heterocycles. The maximum absolute atomic E-state index is 12.3. The summed E-state index contributed by atoms with van der Waals surface area (Å²) in [5.41, 5.74) is -0.599. The van der Waals surface area contributed by atoms with E-state index >= 15 is 0 Å². The zero-order valence-electron chi connectivity index (χ0n) is 13.5. The Hall–Kier alpha value is -1.42. The second kappa shape index (κ2) is 7.43. The van der Waals surface area contributed by atoms with Crippen LogP contribution in [0, 0.1) is 11.3 Å². The number of thiophene rings is 1. The van der Waals surface area contributed by atoms with Crippen molar-refractivity contribution < 1.29 is 4.79 Å². The van der Waals surface area contributed by atoms with E-state index in [1.165, 1.54) is 4.88 Å². The molecule has 23 heavy (non-hydrogen) atoms. The first kappa shape index (κ1) is 16.4. The van der Waals surface area contributed by atoms with Gasteiger partial charge in [0.05, 0.1) is 12.6 Å². The van der Waals surface area contributed by atoms with Crippen molar-refractivity contribution in [1.29, 1.82) is 5.26 Å². The van der Waals surface area contributed by atoms with E-state index in [9.17, 15) is 10.1 Å². The molecule has 1 N–H and O–H groups in total. The van der Waals surface area contributed by atoms with Gasteiger partial charge in [0, 0.05) is 37.6 Å². The lowest BCUT2D eigenvalue weighted by atomic mass is 10.00. The van der Waals surface area contributed by atoms with Crippen LogP contribution in [0.2, 0.25) is 0 Å². The molecule has 1 saturated carbocycles. The van der Waals surface area contributed by atoms with Crippen molar-refractivity contribution in [2.45, 2.75) is 37.8 Å². The highest BCUT2D eigenvalue weighted by molar-refractivity contribution is 7.09. The second-order valence-electron chi connectivity index (χ2n) is 6.58. The van der Waals surface area contributed by atoms with Gasteiger partial charge in [-0.1, -0.05) is 6.07 Å². The predicted octanol–water partition coefficient (Wildman–Crippen LogP) is 1.82. The van der Waals surface area contributed by atoms with Crippen LogP contribution in [0.3, 0.4) is 0 Å². The van der Waals surface area contributed by atoms with Crippen LogP contribution in [0.5, 0.6) is 0 Å². The van der Waals surface area contributed by atoms with Crippen molar-refractivity contribution in [2.24, 2.45) is 0 Å². The first-order valence-electron chi connectivity index (χ1n) is 8.38. The molecule has 0 spiro atoms. The smallest absolute Gasteiger partial charge is 0.235 e. The first-order valence-corrected chi connectivity index (χ1v) is 9.26. The van der Waals surface area contributed by atoms with E-state index in [1.807, 2.05) is 0 Å². The highest BCUT2D eigenvalue weighted by atomic mass is 32.1. The van der Waals surface area contributed by atoms with Crippen LogP contribution in [0.25, 0.3) is 0 Å². The van der Waals surface area contributed by atoms with Gasteiger partial charge < -0.3 is 5.32 Å². The van der Waals surface area contributed by atoms with Crippen LogP contribution in [0.1, 0.15) is 30.6 Å². The minimum absolute atomic E-state index is 0.000145. The molecule has 1 aromatic heterocycles. The number of hydrogen-bond acceptors (Lipinski definition) is 5. The van der Waals surface area contributed by atoms with Gasteiger partial charge in [0.1, 0.15) is 5.54 Å². The third kappa shape index (κ3) is 4.31. The molecule has 0 atom stereocenters. The van der Waals surface area contributed by atoms with Gasteiger partial charge in [0.25, 0.3) is 0 Å². The quantitative estimate of drug-likeness (QED) is 0.893. The fourth-order valence-corrected chi connectivity index (χ4v) is 4.23. The topological polar surface area (TPSA) is 59.4 Å². The van der Waals surface area contributed by atoms with Crippen molar-refractivity contribution in [3.8, 4) is 6.07 Å². The number of amides is 1. The number of nitriles is 1. The lowest BCUT2D eigenvalue weighted by molar-refractivity contribution is -0.124. The molecule has 0 unspecified atom stereocenters. The number of carbonyl (C=O) groups excluding carboxylic acids is 1. The average Bonchev–Trinajstić information content (AvgIpc) is 3.21. The van der Waals surface area contributed by atoms with E-state index in [0.717, 1.165) is 58.4 Å². The summed E-state index contributed by atoms with van der Waals surface area (Å²) in [6, 6.07) is 6.59. The van der Waals surface area contributed by atoms with Gasteiger partial charge in [-0.25, -0.2) is 0 Å².